The molecule has 0 spiro atoms. The van der Waals surface area contributed by atoms with E-state index in [0.29, 0.717) is 10.6 Å². The number of rotatable bonds is 6. The van der Waals surface area contributed by atoms with E-state index in [1.807, 2.05) is 43.6 Å². The van der Waals surface area contributed by atoms with Gasteiger partial charge in [-0.25, -0.2) is 4.98 Å². The zero-order valence-electron chi connectivity index (χ0n) is 21.5. The molecule has 0 unspecified atom stereocenters. The Bertz CT molecular complexity index is 1490. The summed E-state index contributed by atoms with van der Waals surface area (Å²) in [6, 6.07) is 13.7. The van der Waals surface area contributed by atoms with Gasteiger partial charge in [-0.05, 0) is 54.0 Å². The Morgan fingerprint density at radius 3 is 2.59 bits per heavy atom. The fraction of sp³-hybridized carbons (Fsp3) is 0.286. The maximum Gasteiger partial charge on any atom is 0.253 e. The average molecular weight is 516 g/mol. The number of carbonyl (C=O) groups excluding carboxylic acids is 1. The highest BCUT2D eigenvalue weighted by Gasteiger charge is 2.19. The predicted octanol–water partition coefficient (Wildman–Crippen LogP) is 4.72. The van der Waals surface area contributed by atoms with Gasteiger partial charge in [0.05, 0.1) is 5.69 Å². The monoisotopic (exact) mass is 515 g/mol. The van der Waals surface area contributed by atoms with Crippen LogP contribution in [0.4, 0.5) is 5.82 Å². The smallest absolute Gasteiger partial charge is 0.253 e. The lowest BCUT2D eigenvalue weighted by Crippen LogP contribution is -2.28. The number of fused-ring (bicyclic) bond motifs is 1. The summed E-state index contributed by atoms with van der Waals surface area (Å²) in [7, 11) is 7.37. The Morgan fingerprint density at radius 2 is 1.95 bits per heavy atom. The summed E-state index contributed by atoms with van der Waals surface area (Å²) in [5, 5.41) is 13.3. The Morgan fingerprint density at radius 1 is 1.11 bits per heavy atom. The minimum atomic E-state index is -0.0492. The first kappa shape index (κ1) is 24.9. The third-order valence-corrected chi connectivity index (χ3v) is 7.18. The molecule has 0 saturated carbocycles. The van der Waals surface area contributed by atoms with Crippen molar-refractivity contribution in [2.24, 2.45) is 7.05 Å². The Hall–Kier alpha value is -3.75. The molecule has 9 heteroatoms. The van der Waals surface area contributed by atoms with Crippen molar-refractivity contribution < 1.29 is 4.79 Å². The summed E-state index contributed by atoms with van der Waals surface area (Å²) >= 11 is 6.58. The van der Waals surface area contributed by atoms with E-state index in [4.69, 9.17) is 11.6 Å². The van der Waals surface area contributed by atoms with E-state index < -0.39 is 0 Å². The van der Waals surface area contributed by atoms with Gasteiger partial charge in [0.2, 0.25) is 0 Å². The molecule has 0 atom stereocenters. The lowest BCUT2D eigenvalue weighted by Gasteiger charge is -2.27. The molecule has 0 radical (unpaired) electrons. The third-order valence-electron chi connectivity index (χ3n) is 6.87. The van der Waals surface area contributed by atoms with Gasteiger partial charge in [0.15, 0.2) is 0 Å². The first-order chi connectivity index (χ1) is 17.9. The van der Waals surface area contributed by atoms with Crippen LogP contribution in [0.25, 0.3) is 27.9 Å². The van der Waals surface area contributed by atoms with Crippen molar-refractivity contribution in [3.8, 4) is 11.3 Å². The van der Waals surface area contributed by atoms with E-state index in [2.05, 4.69) is 49.2 Å². The largest absolute Gasteiger partial charge is 0.372 e. The summed E-state index contributed by atoms with van der Waals surface area (Å²) in [6.45, 7) is 2.55. The van der Waals surface area contributed by atoms with Gasteiger partial charge in [-0.1, -0.05) is 23.7 Å². The van der Waals surface area contributed by atoms with Gasteiger partial charge in [-0.2, -0.15) is 0 Å². The maximum atomic E-state index is 12.3. The van der Waals surface area contributed by atoms with E-state index in [9.17, 15) is 4.79 Å². The molecule has 8 nitrogen and oxygen atoms in total. The van der Waals surface area contributed by atoms with Crippen LogP contribution in [-0.2, 0) is 13.6 Å². The third kappa shape index (κ3) is 4.95. The highest BCUT2D eigenvalue weighted by molar-refractivity contribution is 6.32. The summed E-state index contributed by atoms with van der Waals surface area (Å²) in [5.41, 5.74) is 6.79. The molecule has 1 aliphatic heterocycles. The SMILES string of the molecule is CNc1ccc(-c2ccnc3c2cc(CN2CC=C(c4ccc(C(=O)N(C)C)cc4Cl)CC2)n3C)nn1. The van der Waals surface area contributed by atoms with Crippen LogP contribution in [0.3, 0.4) is 0 Å². The van der Waals surface area contributed by atoms with E-state index >= 15 is 0 Å². The number of aryl methyl sites for hydroxylation is 1. The summed E-state index contributed by atoms with van der Waals surface area (Å²) in [5.74, 6) is 0.687. The molecule has 1 aliphatic rings. The second kappa shape index (κ2) is 10.3. The van der Waals surface area contributed by atoms with E-state index in [1.165, 1.54) is 11.3 Å². The average Bonchev–Trinajstić information content (AvgIpc) is 3.23. The number of anilines is 1. The maximum absolute atomic E-state index is 12.3. The van der Waals surface area contributed by atoms with Crippen LogP contribution in [0.2, 0.25) is 5.02 Å². The number of nitrogens with one attached hydrogen (secondary N) is 1. The van der Waals surface area contributed by atoms with Crippen LogP contribution in [0.1, 0.15) is 28.0 Å². The number of aromatic nitrogens is 4. The number of benzene rings is 1. The fourth-order valence-corrected chi connectivity index (χ4v) is 5.05. The van der Waals surface area contributed by atoms with Crippen LogP contribution in [-0.4, -0.2) is 69.7 Å². The van der Waals surface area contributed by atoms with E-state index in [-0.39, 0.29) is 5.91 Å². The van der Waals surface area contributed by atoms with Gasteiger partial charge < -0.3 is 14.8 Å². The summed E-state index contributed by atoms with van der Waals surface area (Å²) < 4.78 is 2.16. The molecule has 4 heterocycles. The molecule has 3 aromatic heterocycles. The number of halogens is 1. The van der Waals surface area contributed by atoms with Crippen molar-refractivity contribution in [1.29, 1.82) is 0 Å². The highest BCUT2D eigenvalue weighted by Crippen LogP contribution is 2.32. The second-order valence-electron chi connectivity index (χ2n) is 9.45. The van der Waals surface area contributed by atoms with Crippen LogP contribution >= 0.6 is 11.6 Å². The van der Waals surface area contributed by atoms with Crippen molar-refractivity contribution in [2.75, 3.05) is 39.5 Å². The van der Waals surface area contributed by atoms with Gasteiger partial charge in [0.1, 0.15) is 11.5 Å². The molecule has 0 saturated heterocycles. The molecule has 37 heavy (non-hydrogen) atoms. The minimum Gasteiger partial charge on any atom is -0.372 e. The highest BCUT2D eigenvalue weighted by atomic mass is 35.5. The second-order valence-corrected chi connectivity index (χ2v) is 9.86. The topological polar surface area (TPSA) is 79.2 Å². The zero-order valence-corrected chi connectivity index (χ0v) is 22.3. The Labute approximate surface area is 221 Å². The van der Waals surface area contributed by atoms with Gasteiger partial charge in [-0.3, -0.25) is 9.69 Å². The molecule has 0 aliphatic carbocycles. The van der Waals surface area contributed by atoms with Gasteiger partial charge >= 0.3 is 0 Å². The summed E-state index contributed by atoms with van der Waals surface area (Å²) in [4.78, 5) is 20.9. The molecular weight excluding hydrogens is 486 g/mol. The van der Waals surface area contributed by atoms with Crippen molar-refractivity contribution >= 4 is 39.9 Å². The summed E-state index contributed by atoms with van der Waals surface area (Å²) in [6.07, 6.45) is 4.96. The molecule has 1 amide bonds. The molecule has 0 bridgehead atoms. The molecule has 1 aromatic carbocycles. The molecule has 4 aromatic rings. The van der Waals surface area contributed by atoms with Crippen molar-refractivity contribution in [2.45, 2.75) is 13.0 Å². The van der Waals surface area contributed by atoms with Crippen molar-refractivity contribution in [3.05, 3.63) is 76.6 Å². The lowest BCUT2D eigenvalue weighted by molar-refractivity contribution is 0.0827. The first-order valence-electron chi connectivity index (χ1n) is 12.2. The lowest BCUT2D eigenvalue weighted by atomic mass is 9.98. The number of pyridine rings is 1. The minimum absolute atomic E-state index is 0.0492. The molecular formula is C28H30ClN7O. The van der Waals surface area contributed by atoms with Crippen LogP contribution in [0.15, 0.2) is 54.7 Å². The van der Waals surface area contributed by atoms with Crippen LogP contribution < -0.4 is 5.32 Å². The van der Waals surface area contributed by atoms with E-state index in [1.54, 1.807) is 25.1 Å². The van der Waals surface area contributed by atoms with Crippen LogP contribution in [0, 0.1) is 0 Å². The number of hydrogen-bond acceptors (Lipinski definition) is 6. The quantitative estimate of drug-likeness (QED) is 0.400. The first-order valence-corrected chi connectivity index (χ1v) is 12.6. The number of amides is 1. The van der Waals surface area contributed by atoms with Gasteiger partial charge in [0, 0.05) is 81.3 Å². The number of carbonyl (C=O) groups is 1. The molecule has 1 N–H and O–H groups in total. The van der Waals surface area contributed by atoms with Crippen LogP contribution in [0.5, 0.6) is 0 Å². The van der Waals surface area contributed by atoms with Crippen molar-refractivity contribution in [1.82, 2.24) is 29.5 Å². The van der Waals surface area contributed by atoms with E-state index in [0.717, 1.165) is 59.7 Å². The molecule has 0 fully saturated rings. The number of hydrogen-bond donors (Lipinski definition) is 1. The van der Waals surface area contributed by atoms with Crippen molar-refractivity contribution in [3.63, 3.8) is 0 Å². The van der Waals surface area contributed by atoms with Gasteiger partial charge in [-0.15, -0.1) is 10.2 Å². The normalized spacial score (nSPS) is 14.0. The molecule has 5 rings (SSSR count). The molecule has 190 valence electrons. The standard InChI is InChI=1S/C28H30ClN7O/c1-30-26-8-7-25(32-33-26)22-9-12-31-27-23(22)16-20(35(27)4)17-36-13-10-18(11-14-36)21-6-5-19(15-24(21)29)28(37)34(2)3/h5-10,12,15-16H,11,13-14,17H2,1-4H3,(H,30,33). The zero-order chi connectivity index (χ0) is 26.1. The Kier molecular flexibility index (Phi) is 6.95. The Balaban J connectivity index is 1.34. The van der Waals surface area contributed by atoms with Gasteiger partial charge in [0.25, 0.3) is 5.91 Å². The number of nitrogens with zero attached hydrogens (tertiary/aromatic N) is 6. The fourth-order valence-electron chi connectivity index (χ4n) is 4.75. The predicted molar refractivity (Wildman–Crippen MR) is 149 cm³/mol.